The fourth-order valence-corrected chi connectivity index (χ4v) is 4.84. The average Bonchev–Trinajstić information content (AvgIpc) is 3.26. The highest BCUT2D eigenvalue weighted by atomic mass is 16.5. The van der Waals surface area contributed by atoms with Crippen molar-refractivity contribution in [3.05, 3.63) is 54.6 Å². The van der Waals surface area contributed by atoms with Gasteiger partial charge >= 0.3 is 5.97 Å². The molecule has 4 rings (SSSR count). The second kappa shape index (κ2) is 12.2. The van der Waals surface area contributed by atoms with Crippen LogP contribution in [0.2, 0.25) is 0 Å². The number of benzene rings is 2. The monoisotopic (exact) mass is 489 g/mol. The second-order valence-corrected chi connectivity index (χ2v) is 9.05. The molecule has 0 radical (unpaired) electrons. The van der Waals surface area contributed by atoms with Gasteiger partial charge in [-0.25, -0.2) is 4.79 Å². The molecule has 0 aliphatic heterocycles. The van der Waals surface area contributed by atoms with Crippen LogP contribution in [0, 0.1) is 23.2 Å². The van der Waals surface area contributed by atoms with Crippen molar-refractivity contribution < 1.29 is 24.1 Å². The van der Waals surface area contributed by atoms with Crippen LogP contribution in [0.1, 0.15) is 25.7 Å². The third-order valence-corrected chi connectivity index (χ3v) is 6.58. The maximum absolute atomic E-state index is 10.7. The van der Waals surface area contributed by atoms with Gasteiger partial charge in [-0.15, -0.1) is 5.10 Å². The molecule has 1 aliphatic rings. The summed E-state index contributed by atoms with van der Waals surface area (Å²) in [6, 6.07) is 19.9. The molecule has 0 spiro atoms. The quantitative estimate of drug-likeness (QED) is 0.402. The molecular formula is C28H31N3O5. The highest BCUT2D eigenvalue weighted by Crippen LogP contribution is 2.41. The number of hydrogen-bond donors (Lipinski definition) is 1. The summed E-state index contributed by atoms with van der Waals surface area (Å²) in [5.41, 5.74) is 3.71. The van der Waals surface area contributed by atoms with Gasteiger partial charge in [0.15, 0.2) is 6.61 Å². The number of aliphatic carboxylic acids is 1. The number of carbonyl (C=O) groups is 1. The smallest absolute Gasteiger partial charge is 0.329 e. The summed E-state index contributed by atoms with van der Waals surface area (Å²) in [7, 11) is 1.64. The van der Waals surface area contributed by atoms with Crippen LogP contribution in [0.5, 0.6) is 11.6 Å². The van der Waals surface area contributed by atoms with E-state index in [1.807, 2.05) is 47.1 Å². The maximum atomic E-state index is 10.7. The van der Waals surface area contributed by atoms with E-state index < -0.39 is 5.97 Å². The molecular weight excluding hydrogens is 458 g/mol. The number of hydrogen-bond acceptors (Lipinski definition) is 6. The first-order chi connectivity index (χ1) is 17.6. The van der Waals surface area contributed by atoms with Gasteiger partial charge in [-0.05, 0) is 55.2 Å². The molecule has 1 saturated carbocycles. The Morgan fingerprint density at radius 3 is 2.50 bits per heavy atom. The lowest BCUT2D eigenvalue weighted by atomic mass is 9.82. The van der Waals surface area contributed by atoms with Gasteiger partial charge in [-0.3, -0.25) is 4.68 Å². The lowest BCUT2D eigenvalue weighted by Crippen LogP contribution is -2.23. The lowest BCUT2D eigenvalue weighted by Gasteiger charge is -2.28. The molecule has 188 valence electrons. The van der Waals surface area contributed by atoms with E-state index in [4.69, 9.17) is 29.7 Å². The van der Waals surface area contributed by atoms with Gasteiger partial charge in [0.05, 0.1) is 25.0 Å². The molecule has 36 heavy (non-hydrogen) atoms. The summed E-state index contributed by atoms with van der Waals surface area (Å²) >= 11 is 0. The first-order valence-corrected chi connectivity index (χ1v) is 12.2. The molecule has 1 aromatic heterocycles. The number of rotatable bonds is 11. The van der Waals surface area contributed by atoms with E-state index in [1.54, 1.807) is 7.11 Å². The van der Waals surface area contributed by atoms with Crippen molar-refractivity contribution in [1.29, 1.82) is 5.26 Å². The minimum Gasteiger partial charge on any atom is -0.497 e. The van der Waals surface area contributed by atoms with Gasteiger partial charge in [0, 0.05) is 12.1 Å². The third-order valence-electron chi connectivity index (χ3n) is 6.58. The Bertz CT molecular complexity index is 1190. The topological polar surface area (TPSA) is 107 Å². The van der Waals surface area contributed by atoms with E-state index in [-0.39, 0.29) is 13.2 Å². The SMILES string of the molecule is COc1cccc(-c2c(OCC#N)nn(C[C@H]3CC[C@H](COCC(=O)O)CC3)c2-c2ccccc2)c1. The highest BCUT2D eigenvalue weighted by molar-refractivity contribution is 5.85. The summed E-state index contributed by atoms with van der Waals surface area (Å²) in [5.74, 6) is 1.03. The lowest BCUT2D eigenvalue weighted by molar-refractivity contribution is -0.142. The van der Waals surface area contributed by atoms with Crippen LogP contribution in [0.15, 0.2) is 54.6 Å². The van der Waals surface area contributed by atoms with Crippen LogP contribution in [0.4, 0.5) is 0 Å². The molecule has 3 aromatic rings. The summed E-state index contributed by atoms with van der Waals surface area (Å²) in [4.78, 5) is 10.7. The van der Waals surface area contributed by atoms with E-state index in [1.165, 1.54) is 0 Å². The molecule has 1 fully saturated rings. The fraction of sp³-hybridized carbons (Fsp3) is 0.393. The van der Waals surface area contributed by atoms with E-state index >= 15 is 0 Å². The Morgan fingerprint density at radius 1 is 1.08 bits per heavy atom. The zero-order valence-electron chi connectivity index (χ0n) is 20.4. The van der Waals surface area contributed by atoms with E-state index in [2.05, 4.69) is 18.2 Å². The predicted octanol–water partition coefficient (Wildman–Crippen LogP) is 5.04. The number of aromatic nitrogens is 2. The first kappa shape index (κ1) is 25.3. The Hall–Kier alpha value is -3.83. The molecule has 0 amide bonds. The molecule has 0 saturated heterocycles. The molecule has 2 aromatic carbocycles. The van der Waals surface area contributed by atoms with Crippen LogP contribution in [-0.4, -0.2) is 47.8 Å². The van der Waals surface area contributed by atoms with Crippen molar-refractivity contribution in [2.24, 2.45) is 11.8 Å². The first-order valence-electron chi connectivity index (χ1n) is 12.2. The van der Waals surface area contributed by atoms with E-state index in [0.29, 0.717) is 24.3 Å². The predicted molar refractivity (Wildman–Crippen MR) is 135 cm³/mol. The number of carboxylic acid groups (broad SMARTS) is 1. The zero-order valence-corrected chi connectivity index (χ0v) is 20.4. The maximum Gasteiger partial charge on any atom is 0.329 e. The largest absolute Gasteiger partial charge is 0.497 e. The summed E-state index contributed by atoms with van der Waals surface area (Å²) < 4.78 is 18.6. The summed E-state index contributed by atoms with van der Waals surface area (Å²) in [6.45, 7) is 0.873. The molecule has 8 heteroatoms. The average molecular weight is 490 g/mol. The van der Waals surface area contributed by atoms with Crippen LogP contribution >= 0.6 is 0 Å². The van der Waals surface area contributed by atoms with Gasteiger partial charge in [0.25, 0.3) is 0 Å². The normalized spacial score (nSPS) is 17.3. The van der Waals surface area contributed by atoms with Gasteiger partial charge < -0.3 is 19.3 Å². The molecule has 1 heterocycles. The summed E-state index contributed by atoms with van der Waals surface area (Å²) in [6.07, 6.45) is 4.01. The van der Waals surface area contributed by atoms with Crippen molar-refractivity contribution in [2.45, 2.75) is 32.2 Å². The van der Waals surface area contributed by atoms with Crippen molar-refractivity contribution in [3.63, 3.8) is 0 Å². The number of nitrogens with zero attached hydrogens (tertiary/aromatic N) is 3. The van der Waals surface area contributed by atoms with Gasteiger partial charge in [-0.1, -0.05) is 42.5 Å². The fourth-order valence-electron chi connectivity index (χ4n) is 4.84. The van der Waals surface area contributed by atoms with Crippen molar-refractivity contribution in [1.82, 2.24) is 9.78 Å². The molecule has 0 unspecified atom stereocenters. The number of methoxy groups -OCH3 is 1. The Kier molecular flexibility index (Phi) is 8.58. The molecule has 0 bridgehead atoms. The van der Waals surface area contributed by atoms with Crippen molar-refractivity contribution >= 4 is 5.97 Å². The van der Waals surface area contributed by atoms with Crippen LogP contribution in [0.3, 0.4) is 0 Å². The van der Waals surface area contributed by atoms with Crippen molar-refractivity contribution in [2.75, 3.05) is 26.9 Å². The zero-order chi connectivity index (χ0) is 25.3. The van der Waals surface area contributed by atoms with Crippen LogP contribution in [0.25, 0.3) is 22.4 Å². The minimum atomic E-state index is -0.933. The third kappa shape index (κ3) is 6.23. The molecule has 1 N–H and O–H groups in total. The van der Waals surface area contributed by atoms with E-state index in [0.717, 1.165) is 60.4 Å². The number of carboxylic acids is 1. The number of ether oxygens (including phenoxy) is 3. The molecule has 8 nitrogen and oxygen atoms in total. The Balaban J connectivity index is 1.63. The molecule has 0 atom stereocenters. The highest BCUT2D eigenvalue weighted by Gasteiger charge is 2.27. The van der Waals surface area contributed by atoms with E-state index in [9.17, 15) is 4.79 Å². The van der Waals surface area contributed by atoms with Gasteiger partial charge in [-0.2, -0.15) is 5.26 Å². The molecule has 1 aliphatic carbocycles. The number of nitriles is 1. The standard InChI is InChI=1S/C28H31N3O5/c1-34-24-9-5-8-23(16-24)26-27(22-6-3-2-4-7-22)31(30-28(26)36-15-14-29)17-20-10-12-21(13-11-20)18-35-19-25(32)33/h2-9,16,20-21H,10-13,15,17-19H2,1H3,(H,32,33)/t20-,21-. The Morgan fingerprint density at radius 2 is 1.81 bits per heavy atom. The van der Waals surface area contributed by atoms with Crippen LogP contribution < -0.4 is 9.47 Å². The minimum absolute atomic E-state index is 0.0936. The van der Waals surface area contributed by atoms with Crippen LogP contribution in [-0.2, 0) is 16.1 Å². The van der Waals surface area contributed by atoms with Crippen molar-refractivity contribution in [3.8, 4) is 40.1 Å². The second-order valence-electron chi connectivity index (χ2n) is 9.05. The van der Waals surface area contributed by atoms with Gasteiger partial charge in [0.1, 0.15) is 18.4 Å². The Labute approximate surface area is 211 Å². The van der Waals surface area contributed by atoms with Gasteiger partial charge in [0.2, 0.25) is 5.88 Å². The summed E-state index contributed by atoms with van der Waals surface area (Å²) in [5, 5.41) is 22.8.